The summed E-state index contributed by atoms with van der Waals surface area (Å²) < 4.78 is 5.63. The standard InChI is InChI=1S/C15H26N2O4/c1-4-12-5-6-17(13(7-12)14(18)19)15(20)16-8-10(2)21-11(3)9-16/h10-13H,4-9H2,1-3H3,(H,18,19)/t10-,11+,12?,13?. The molecule has 2 aliphatic rings. The molecule has 0 aliphatic carbocycles. The van der Waals surface area contributed by atoms with E-state index in [2.05, 4.69) is 6.92 Å². The van der Waals surface area contributed by atoms with E-state index in [-0.39, 0.29) is 18.2 Å². The predicted molar refractivity (Wildman–Crippen MR) is 78.1 cm³/mol. The van der Waals surface area contributed by atoms with E-state index in [9.17, 15) is 14.7 Å². The Labute approximate surface area is 126 Å². The van der Waals surface area contributed by atoms with Gasteiger partial charge < -0.3 is 19.6 Å². The van der Waals surface area contributed by atoms with Gasteiger partial charge >= 0.3 is 12.0 Å². The minimum atomic E-state index is -0.893. The second-order valence-corrected chi connectivity index (χ2v) is 6.29. The number of nitrogens with zero attached hydrogens (tertiary/aromatic N) is 2. The third-order valence-corrected chi connectivity index (χ3v) is 4.51. The zero-order valence-electron chi connectivity index (χ0n) is 13.1. The number of likely N-dealkylation sites (tertiary alicyclic amines) is 1. The van der Waals surface area contributed by atoms with Crippen LogP contribution in [0.2, 0.25) is 0 Å². The number of hydrogen-bond acceptors (Lipinski definition) is 3. The van der Waals surface area contributed by atoms with Crippen LogP contribution in [0.5, 0.6) is 0 Å². The summed E-state index contributed by atoms with van der Waals surface area (Å²) in [5, 5.41) is 9.44. The van der Waals surface area contributed by atoms with E-state index in [0.717, 1.165) is 12.8 Å². The Kier molecular flexibility index (Phi) is 5.08. The van der Waals surface area contributed by atoms with Crippen molar-refractivity contribution in [2.75, 3.05) is 19.6 Å². The van der Waals surface area contributed by atoms with Crippen molar-refractivity contribution in [3.8, 4) is 0 Å². The summed E-state index contributed by atoms with van der Waals surface area (Å²) in [6.45, 7) is 7.55. The Hall–Kier alpha value is -1.30. The Morgan fingerprint density at radius 1 is 1.24 bits per heavy atom. The first-order valence-corrected chi connectivity index (χ1v) is 7.86. The van der Waals surface area contributed by atoms with Crippen LogP contribution in [0.3, 0.4) is 0 Å². The van der Waals surface area contributed by atoms with Crippen LogP contribution >= 0.6 is 0 Å². The van der Waals surface area contributed by atoms with Crippen molar-refractivity contribution in [3.05, 3.63) is 0 Å². The van der Waals surface area contributed by atoms with Crippen LogP contribution in [0, 0.1) is 5.92 Å². The summed E-state index contributed by atoms with van der Waals surface area (Å²) in [5.41, 5.74) is 0. The SMILES string of the molecule is CCC1CCN(C(=O)N2C[C@@H](C)O[C@@H](C)C2)C(C(=O)O)C1. The van der Waals surface area contributed by atoms with E-state index in [1.807, 2.05) is 13.8 Å². The molecule has 21 heavy (non-hydrogen) atoms. The third-order valence-electron chi connectivity index (χ3n) is 4.51. The zero-order valence-corrected chi connectivity index (χ0v) is 13.1. The van der Waals surface area contributed by atoms with Crippen molar-refractivity contribution < 1.29 is 19.4 Å². The maximum Gasteiger partial charge on any atom is 0.326 e. The van der Waals surface area contributed by atoms with Gasteiger partial charge in [-0.15, -0.1) is 0 Å². The van der Waals surface area contributed by atoms with Crippen LogP contribution in [0.15, 0.2) is 0 Å². The van der Waals surface area contributed by atoms with E-state index < -0.39 is 12.0 Å². The molecule has 0 radical (unpaired) electrons. The van der Waals surface area contributed by atoms with E-state index in [0.29, 0.717) is 32.0 Å². The summed E-state index contributed by atoms with van der Waals surface area (Å²) in [5.74, 6) is -0.492. The molecular weight excluding hydrogens is 272 g/mol. The molecule has 2 heterocycles. The molecule has 2 amide bonds. The third kappa shape index (κ3) is 3.67. The van der Waals surface area contributed by atoms with Gasteiger partial charge in [0.25, 0.3) is 0 Å². The summed E-state index contributed by atoms with van der Waals surface area (Å²) in [7, 11) is 0. The normalized spacial score (nSPS) is 33.9. The number of carbonyl (C=O) groups excluding carboxylic acids is 1. The monoisotopic (exact) mass is 298 g/mol. The molecule has 0 aromatic rings. The van der Waals surface area contributed by atoms with Crippen LogP contribution < -0.4 is 0 Å². The number of urea groups is 1. The van der Waals surface area contributed by atoms with Crippen molar-refractivity contribution in [3.63, 3.8) is 0 Å². The lowest BCUT2D eigenvalue weighted by Crippen LogP contribution is -2.58. The maximum atomic E-state index is 12.7. The van der Waals surface area contributed by atoms with Crippen molar-refractivity contribution >= 4 is 12.0 Å². The minimum absolute atomic E-state index is 0.00541. The number of carboxylic acids is 1. The number of aliphatic carboxylic acids is 1. The fourth-order valence-corrected chi connectivity index (χ4v) is 3.39. The molecule has 2 saturated heterocycles. The number of carboxylic acid groups (broad SMARTS) is 1. The average Bonchev–Trinajstić information content (AvgIpc) is 2.44. The fourth-order valence-electron chi connectivity index (χ4n) is 3.39. The largest absolute Gasteiger partial charge is 0.480 e. The number of amides is 2. The Morgan fingerprint density at radius 3 is 2.38 bits per heavy atom. The summed E-state index contributed by atoms with van der Waals surface area (Å²) in [6, 6.07) is -0.844. The topological polar surface area (TPSA) is 70.1 Å². The van der Waals surface area contributed by atoms with Crippen LogP contribution in [0.25, 0.3) is 0 Å². The summed E-state index contributed by atoms with van der Waals surface area (Å²) >= 11 is 0. The number of piperidine rings is 1. The molecule has 0 spiro atoms. The smallest absolute Gasteiger partial charge is 0.326 e. The average molecular weight is 298 g/mol. The van der Waals surface area contributed by atoms with Crippen LogP contribution in [-0.2, 0) is 9.53 Å². The van der Waals surface area contributed by atoms with Crippen LogP contribution in [0.4, 0.5) is 4.79 Å². The molecule has 2 rings (SSSR count). The first-order valence-electron chi connectivity index (χ1n) is 7.86. The van der Waals surface area contributed by atoms with Crippen molar-refractivity contribution in [1.29, 1.82) is 0 Å². The molecule has 2 unspecified atom stereocenters. The lowest BCUT2D eigenvalue weighted by Gasteiger charge is -2.42. The molecule has 120 valence electrons. The van der Waals surface area contributed by atoms with Crippen molar-refractivity contribution in [1.82, 2.24) is 9.80 Å². The number of morpholine rings is 1. The van der Waals surface area contributed by atoms with Gasteiger partial charge in [0, 0.05) is 19.6 Å². The van der Waals surface area contributed by atoms with Gasteiger partial charge in [0.1, 0.15) is 6.04 Å². The van der Waals surface area contributed by atoms with Crippen LogP contribution in [0.1, 0.15) is 40.0 Å². The van der Waals surface area contributed by atoms with Gasteiger partial charge in [-0.2, -0.15) is 0 Å². The van der Waals surface area contributed by atoms with Gasteiger partial charge in [-0.25, -0.2) is 9.59 Å². The molecule has 2 fully saturated rings. The van der Waals surface area contributed by atoms with Gasteiger partial charge in [0.05, 0.1) is 12.2 Å². The molecule has 2 aliphatic heterocycles. The molecule has 0 saturated carbocycles. The Bertz CT molecular complexity index is 391. The van der Waals surface area contributed by atoms with Gasteiger partial charge in [-0.1, -0.05) is 13.3 Å². The zero-order chi connectivity index (χ0) is 15.6. The first-order chi connectivity index (χ1) is 9.92. The molecular formula is C15H26N2O4. The quantitative estimate of drug-likeness (QED) is 0.844. The van der Waals surface area contributed by atoms with Crippen molar-refractivity contribution in [2.24, 2.45) is 5.92 Å². The van der Waals surface area contributed by atoms with E-state index in [1.165, 1.54) is 0 Å². The number of rotatable bonds is 2. The number of ether oxygens (including phenoxy) is 1. The highest BCUT2D eigenvalue weighted by atomic mass is 16.5. The number of hydrogen-bond donors (Lipinski definition) is 1. The highest BCUT2D eigenvalue weighted by Gasteiger charge is 2.38. The van der Waals surface area contributed by atoms with Crippen molar-refractivity contribution in [2.45, 2.75) is 58.3 Å². The van der Waals surface area contributed by atoms with Crippen LogP contribution in [-0.4, -0.2) is 64.8 Å². The predicted octanol–water partition coefficient (Wildman–Crippen LogP) is 1.79. The minimum Gasteiger partial charge on any atom is -0.480 e. The van der Waals surface area contributed by atoms with E-state index in [4.69, 9.17) is 4.74 Å². The number of carbonyl (C=O) groups is 2. The molecule has 0 aromatic carbocycles. The van der Waals surface area contributed by atoms with Gasteiger partial charge in [0.2, 0.25) is 0 Å². The second kappa shape index (κ2) is 6.64. The van der Waals surface area contributed by atoms with E-state index >= 15 is 0 Å². The Morgan fingerprint density at radius 2 is 1.86 bits per heavy atom. The van der Waals surface area contributed by atoms with Gasteiger partial charge in [-0.05, 0) is 32.6 Å². The highest BCUT2D eigenvalue weighted by Crippen LogP contribution is 2.27. The van der Waals surface area contributed by atoms with Gasteiger partial charge in [0.15, 0.2) is 0 Å². The summed E-state index contributed by atoms with van der Waals surface area (Å²) in [4.78, 5) is 27.5. The highest BCUT2D eigenvalue weighted by molar-refractivity contribution is 5.83. The second-order valence-electron chi connectivity index (χ2n) is 6.29. The molecule has 6 heteroatoms. The molecule has 4 atom stereocenters. The molecule has 6 nitrogen and oxygen atoms in total. The summed E-state index contributed by atoms with van der Waals surface area (Å²) in [6.07, 6.45) is 2.41. The molecule has 1 N–H and O–H groups in total. The lowest BCUT2D eigenvalue weighted by atomic mass is 9.89. The maximum absolute atomic E-state index is 12.7. The fraction of sp³-hybridized carbons (Fsp3) is 0.867. The lowest BCUT2D eigenvalue weighted by molar-refractivity contribution is -0.144. The molecule has 0 bridgehead atoms. The Balaban J connectivity index is 2.07. The molecule has 0 aromatic heterocycles. The first kappa shape index (κ1) is 16.1. The van der Waals surface area contributed by atoms with Gasteiger partial charge in [-0.3, -0.25) is 0 Å². The van der Waals surface area contributed by atoms with E-state index in [1.54, 1.807) is 9.80 Å².